The van der Waals surface area contributed by atoms with Gasteiger partial charge in [-0.1, -0.05) is 47.6 Å². The van der Waals surface area contributed by atoms with Gasteiger partial charge in [-0.25, -0.2) is 0 Å². The summed E-state index contributed by atoms with van der Waals surface area (Å²) in [6.45, 7) is 0.745. The van der Waals surface area contributed by atoms with Crippen molar-refractivity contribution in [2.24, 2.45) is 0 Å². The molecule has 1 aliphatic heterocycles. The van der Waals surface area contributed by atoms with Crippen molar-refractivity contribution < 1.29 is 14.1 Å². The van der Waals surface area contributed by atoms with E-state index in [0.717, 1.165) is 29.8 Å². The van der Waals surface area contributed by atoms with Crippen LogP contribution in [0.3, 0.4) is 0 Å². The summed E-state index contributed by atoms with van der Waals surface area (Å²) >= 11 is 0. The molecular formula is C23H26N4O3. The topological polar surface area (TPSA) is 80.5 Å². The molecule has 30 heavy (non-hydrogen) atoms. The van der Waals surface area contributed by atoms with E-state index in [9.17, 15) is 4.79 Å². The zero-order chi connectivity index (χ0) is 20.9. The summed E-state index contributed by atoms with van der Waals surface area (Å²) in [5.41, 5.74) is 2.10. The van der Waals surface area contributed by atoms with Crippen LogP contribution in [0.1, 0.15) is 35.3 Å². The van der Waals surface area contributed by atoms with Crippen molar-refractivity contribution in [1.82, 2.24) is 20.4 Å². The van der Waals surface area contributed by atoms with Gasteiger partial charge in [0.2, 0.25) is 11.8 Å². The average molecular weight is 406 g/mol. The Labute approximate surface area is 176 Å². The molecule has 1 aliphatic rings. The Balaban J connectivity index is 1.32. The molecule has 1 saturated heterocycles. The Morgan fingerprint density at radius 3 is 2.67 bits per heavy atom. The minimum Gasteiger partial charge on any atom is -0.497 e. The molecule has 2 unspecified atom stereocenters. The Hall–Kier alpha value is -3.19. The lowest BCUT2D eigenvalue weighted by Crippen LogP contribution is -2.37. The maximum absolute atomic E-state index is 12.5. The number of carbonyl (C=O) groups is 1. The number of rotatable bonds is 7. The molecule has 4 rings (SSSR count). The van der Waals surface area contributed by atoms with Gasteiger partial charge in [-0.15, -0.1) is 0 Å². The molecule has 1 aromatic heterocycles. The highest BCUT2D eigenvalue weighted by molar-refractivity contribution is 5.79. The monoisotopic (exact) mass is 406 g/mol. The lowest BCUT2D eigenvalue weighted by Gasteiger charge is -2.14. The van der Waals surface area contributed by atoms with Gasteiger partial charge < -0.3 is 14.6 Å². The van der Waals surface area contributed by atoms with Crippen molar-refractivity contribution in [3.05, 3.63) is 77.4 Å². The third-order valence-corrected chi connectivity index (χ3v) is 5.41. The standard InChI is InChI=1S/C23H26N4O3/c1-27-15-18(24-22(28)13-17-8-10-19(29-2)11-9-17)14-20(27)23-25-21(26-30-23)12-16-6-4-3-5-7-16/h3-11,18,20H,12-15H2,1-2H3,(H,24,28). The minimum atomic E-state index is 0.00769. The van der Waals surface area contributed by atoms with Gasteiger partial charge in [0, 0.05) is 19.0 Å². The summed E-state index contributed by atoms with van der Waals surface area (Å²) in [4.78, 5) is 19.2. The number of methoxy groups -OCH3 is 1. The molecule has 1 amide bonds. The van der Waals surface area contributed by atoms with Crippen LogP contribution in [0.25, 0.3) is 0 Å². The lowest BCUT2D eigenvalue weighted by atomic mass is 10.1. The van der Waals surface area contributed by atoms with Crippen LogP contribution in [0.5, 0.6) is 5.75 Å². The summed E-state index contributed by atoms with van der Waals surface area (Å²) in [6, 6.07) is 17.7. The Morgan fingerprint density at radius 2 is 1.93 bits per heavy atom. The van der Waals surface area contributed by atoms with Gasteiger partial charge in [0.1, 0.15) is 5.75 Å². The molecule has 0 bridgehead atoms. The molecule has 2 aromatic carbocycles. The fraction of sp³-hybridized carbons (Fsp3) is 0.348. The number of amides is 1. The highest BCUT2D eigenvalue weighted by atomic mass is 16.5. The first-order chi connectivity index (χ1) is 14.6. The van der Waals surface area contributed by atoms with E-state index in [0.29, 0.717) is 24.6 Å². The van der Waals surface area contributed by atoms with Gasteiger partial charge in [-0.05, 0) is 36.7 Å². The number of nitrogens with one attached hydrogen (secondary N) is 1. The predicted molar refractivity (Wildman–Crippen MR) is 112 cm³/mol. The van der Waals surface area contributed by atoms with Crippen LogP contribution < -0.4 is 10.1 Å². The van der Waals surface area contributed by atoms with Gasteiger partial charge in [-0.3, -0.25) is 9.69 Å². The molecule has 1 N–H and O–H groups in total. The summed E-state index contributed by atoms with van der Waals surface area (Å²) in [7, 11) is 3.64. The largest absolute Gasteiger partial charge is 0.497 e. The van der Waals surface area contributed by atoms with Crippen molar-refractivity contribution in [2.75, 3.05) is 20.7 Å². The molecule has 1 fully saturated rings. The second kappa shape index (κ2) is 9.09. The smallest absolute Gasteiger partial charge is 0.244 e. The van der Waals surface area contributed by atoms with Gasteiger partial charge in [0.05, 0.1) is 19.6 Å². The first-order valence-electron chi connectivity index (χ1n) is 10.1. The highest BCUT2D eigenvalue weighted by Crippen LogP contribution is 2.29. The third kappa shape index (κ3) is 4.86. The van der Waals surface area contributed by atoms with Crippen molar-refractivity contribution in [1.29, 1.82) is 0 Å². The quantitative estimate of drug-likeness (QED) is 0.650. The Bertz CT molecular complexity index is 972. The summed E-state index contributed by atoms with van der Waals surface area (Å²) < 4.78 is 10.7. The second-order valence-corrected chi connectivity index (χ2v) is 7.69. The number of likely N-dealkylation sites (N-methyl/N-ethyl adjacent to an activating group) is 1. The van der Waals surface area contributed by atoms with E-state index in [-0.39, 0.29) is 18.0 Å². The molecule has 0 aliphatic carbocycles. The van der Waals surface area contributed by atoms with Crippen LogP contribution in [-0.4, -0.2) is 47.7 Å². The number of aromatic nitrogens is 2. The Kier molecular flexibility index (Phi) is 6.09. The Morgan fingerprint density at radius 1 is 1.17 bits per heavy atom. The first kappa shape index (κ1) is 20.1. The van der Waals surface area contributed by atoms with E-state index in [1.54, 1.807) is 7.11 Å². The van der Waals surface area contributed by atoms with Gasteiger partial charge in [0.15, 0.2) is 5.82 Å². The predicted octanol–water partition coefficient (Wildman–Crippen LogP) is 2.77. The summed E-state index contributed by atoms with van der Waals surface area (Å²) in [5.74, 6) is 2.08. The normalized spacial score (nSPS) is 19.0. The van der Waals surface area contributed by atoms with Crippen LogP contribution in [0.4, 0.5) is 0 Å². The molecule has 3 aromatic rings. The number of nitrogens with zero attached hydrogens (tertiary/aromatic N) is 3. The lowest BCUT2D eigenvalue weighted by molar-refractivity contribution is -0.121. The maximum Gasteiger partial charge on any atom is 0.244 e. The van der Waals surface area contributed by atoms with Crippen LogP contribution in [0.2, 0.25) is 0 Å². The van der Waals surface area contributed by atoms with E-state index in [1.165, 1.54) is 0 Å². The third-order valence-electron chi connectivity index (χ3n) is 5.41. The minimum absolute atomic E-state index is 0.00769. The van der Waals surface area contributed by atoms with E-state index in [1.807, 2.05) is 61.6 Å². The molecule has 7 nitrogen and oxygen atoms in total. The molecule has 156 valence electrons. The number of ether oxygens (including phenoxy) is 1. The summed E-state index contributed by atoms with van der Waals surface area (Å²) in [5, 5.41) is 7.27. The fourth-order valence-corrected chi connectivity index (χ4v) is 3.85. The molecule has 2 atom stereocenters. The van der Waals surface area contributed by atoms with Crippen molar-refractivity contribution in [3.8, 4) is 5.75 Å². The van der Waals surface area contributed by atoms with Crippen molar-refractivity contribution in [2.45, 2.75) is 31.3 Å². The fourth-order valence-electron chi connectivity index (χ4n) is 3.85. The zero-order valence-electron chi connectivity index (χ0n) is 17.2. The van der Waals surface area contributed by atoms with Crippen LogP contribution in [-0.2, 0) is 17.6 Å². The highest BCUT2D eigenvalue weighted by Gasteiger charge is 2.35. The number of hydrogen-bond donors (Lipinski definition) is 1. The zero-order valence-corrected chi connectivity index (χ0v) is 17.2. The molecule has 7 heteroatoms. The second-order valence-electron chi connectivity index (χ2n) is 7.69. The van der Waals surface area contributed by atoms with E-state index in [4.69, 9.17) is 9.26 Å². The number of carbonyl (C=O) groups excluding carboxylic acids is 1. The average Bonchev–Trinajstić information content (AvgIpc) is 3.35. The molecular weight excluding hydrogens is 380 g/mol. The van der Waals surface area contributed by atoms with E-state index >= 15 is 0 Å². The van der Waals surface area contributed by atoms with Gasteiger partial charge in [0.25, 0.3) is 0 Å². The number of benzene rings is 2. The first-order valence-corrected chi connectivity index (χ1v) is 10.1. The van der Waals surface area contributed by atoms with Crippen LogP contribution >= 0.6 is 0 Å². The van der Waals surface area contributed by atoms with Crippen molar-refractivity contribution in [3.63, 3.8) is 0 Å². The van der Waals surface area contributed by atoms with Gasteiger partial charge >= 0.3 is 0 Å². The van der Waals surface area contributed by atoms with Crippen molar-refractivity contribution >= 4 is 5.91 Å². The summed E-state index contributed by atoms with van der Waals surface area (Å²) in [6.07, 6.45) is 1.73. The van der Waals surface area contributed by atoms with Crippen LogP contribution in [0, 0.1) is 0 Å². The maximum atomic E-state index is 12.5. The molecule has 0 saturated carbocycles. The van der Waals surface area contributed by atoms with E-state index < -0.39 is 0 Å². The van der Waals surface area contributed by atoms with E-state index in [2.05, 4.69) is 20.4 Å². The molecule has 0 spiro atoms. The SMILES string of the molecule is COc1ccc(CC(=O)NC2CC(c3nc(Cc4ccccc4)no3)N(C)C2)cc1. The number of likely N-dealkylation sites (tertiary alicyclic amines) is 1. The van der Waals surface area contributed by atoms with Crippen LogP contribution in [0.15, 0.2) is 59.1 Å². The molecule has 2 heterocycles. The van der Waals surface area contributed by atoms with Gasteiger partial charge in [-0.2, -0.15) is 4.98 Å². The molecule has 0 radical (unpaired) electrons. The number of hydrogen-bond acceptors (Lipinski definition) is 6.